The fourth-order valence-corrected chi connectivity index (χ4v) is 1.40. The predicted octanol–water partition coefficient (Wildman–Crippen LogP) is 0.957. The van der Waals surface area contributed by atoms with E-state index >= 15 is 0 Å². The van der Waals surface area contributed by atoms with Gasteiger partial charge in [0.1, 0.15) is 7.05 Å². The van der Waals surface area contributed by atoms with Crippen molar-refractivity contribution in [2.45, 2.75) is 6.23 Å². The van der Waals surface area contributed by atoms with Crippen LogP contribution in [0.3, 0.4) is 0 Å². The van der Waals surface area contributed by atoms with Gasteiger partial charge in [-0.05, 0) is 11.6 Å². The fourth-order valence-electron chi connectivity index (χ4n) is 1.40. The highest BCUT2D eigenvalue weighted by Gasteiger charge is 2.23. The van der Waals surface area contributed by atoms with Crippen LogP contribution in [-0.2, 0) is 0 Å². The molecule has 0 bridgehead atoms. The minimum atomic E-state index is -0.494. The lowest BCUT2D eigenvalue weighted by Crippen LogP contribution is -2.21. The smallest absolute Gasteiger partial charge is 0.281 e. The Kier molecular flexibility index (Phi) is 1.70. The summed E-state index contributed by atoms with van der Waals surface area (Å²) in [5.41, 5.74) is 2.07. The molecule has 1 atom stereocenters. The van der Waals surface area contributed by atoms with Crippen LogP contribution in [0, 0.1) is 6.42 Å². The van der Waals surface area contributed by atoms with Crippen molar-refractivity contribution < 1.29 is 9.68 Å². The molecule has 2 nitrogen and oxygen atoms in total. The summed E-state index contributed by atoms with van der Waals surface area (Å²) < 4.78 is 1.78. The van der Waals surface area contributed by atoms with Crippen LogP contribution in [0.1, 0.15) is 17.4 Å². The molecule has 2 heteroatoms. The minimum absolute atomic E-state index is 0.494. The maximum absolute atomic E-state index is 9.70. The van der Waals surface area contributed by atoms with E-state index in [4.69, 9.17) is 0 Å². The third kappa shape index (κ3) is 1.04. The van der Waals surface area contributed by atoms with Crippen LogP contribution in [0.5, 0.6) is 0 Å². The van der Waals surface area contributed by atoms with Gasteiger partial charge in [-0.15, -0.1) is 0 Å². The standard InChI is InChI=1S/C10H11NO/c1-11-7-6-8-4-2-3-5-9(8)10(11)12/h2-7,10,12H,1H3/q+1. The monoisotopic (exact) mass is 161 g/mol. The average Bonchev–Trinajstić information content (AvgIpc) is 2.12. The van der Waals surface area contributed by atoms with Crippen LogP contribution >= 0.6 is 0 Å². The van der Waals surface area contributed by atoms with Crippen LogP contribution in [0.2, 0.25) is 0 Å². The molecule has 1 aromatic carbocycles. The van der Waals surface area contributed by atoms with Crippen molar-refractivity contribution in [3.8, 4) is 0 Å². The lowest BCUT2D eigenvalue weighted by molar-refractivity contribution is -0.589. The van der Waals surface area contributed by atoms with Crippen molar-refractivity contribution in [3.63, 3.8) is 0 Å². The van der Waals surface area contributed by atoms with Crippen LogP contribution in [0.4, 0.5) is 0 Å². The third-order valence-electron chi connectivity index (χ3n) is 2.15. The summed E-state index contributed by atoms with van der Waals surface area (Å²) in [5.74, 6) is 0. The van der Waals surface area contributed by atoms with Crippen molar-refractivity contribution in [2.24, 2.45) is 0 Å². The summed E-state index contributed by atoms with van der Waals surface area (Å²) in [6.07, 6.45) is 3.39. The molecule has 1 aromatic rings. The van der Waals surface area contributed by atoms with Crippen LogP contribution in [-0.4, -0.2) is 22.9 Å². The Morgan fingerprint density at radius 3 is 2.92 bits per heavy atom. The quantitative estimate of drug-likeness (QED) is 0.563. The summed E-state index contributed by atoms with van der Waals surface area (Å²) in [4.78, 5) is 0. The van der Waals surface area contributed by atoms with Gasteiger partial charge < -0.3 is 5.11 Å². The van der Waals surface area contributed by atoms with Crippen molar-refractivity contribution in [3.05, 3.63) is 41.8 Å². The summed E-state index contributed by atoms with van der Waals surface area (Å²) in [6.45, 7) is 0. The Bertz CT molecular complexity index is 330. The molecule has 1 aliphatic heterocycles. The lowest BCUT2D eigenvalue weighted by atomic mass is 10.0. The van der Waals surface area contributed by atoms with E-state index < -0.39 is 6.23 Å². The summed E-state index contributed by atoms with van der Waals surface area (Å²) >= 11 is 0. The second-order valence-corrected chi connectivity index (χ2v) is 2.98. The zero-order valence-electron chi connectivity index (χ0n) is 6.94. The molecule has 0 saturated heterocycles. The van der Waals surface area contributed by atoms with Gasteiger partial charge in [0.15, 0.2) is 6.21 Å². The highest BCUT2D eigenvalue weighted by molar-refractivity contribution is 5.71. The molecule has 0 spiro atoms. The molecule has 0 aromatic heterocycles. The topological polar surface area (TPSA) is 23.2 Å². The van der Waals surface area contributed by atoms with Crippen molar-refractivity contribution in [2.75, 3.05) is 7.05 Å². The molecule has 0 fully saturated rings. The number of aliphatic hydroxyl groups excluding tert-OH is 1. The van der Waals surface area contributed by atoms with Crippen LogP contribution in [0.25, 0.3) is 0 Å². The first-order valence-corrected chi connectivity index (χ1v) is 3.96. The Hall–Kier alpha value is -1.15. The molecule has 0 amide bonds. The number of fused-ring (bicyclic) bond motifs is 1. The third-order valence-corrected chi connectivity index (χ3v) is 2.15. The maximum atomic E-state index is 9.70. The van der Waals surface area contributed by atoms with E-state index in [-0.39, 0.29) is 0 Å². The molecular formula is C10H11NO+. The molecule has 1 unspecified atom stereocenters. The Labute approximate surface area is 71.8 Å². The lowest BCUT2D eigenvalue weighted by Gasteiger charge is -2.14. The molecule has 1 aliphatic rings. The maximum Gasteiger partial charge on any atom is 0.281 e. The normalized spacial score (nSPS) is 21.5. The highest BCUT2D eigenvalue weighted by atomic mass is 16.3. The van der Waals surface area contributed by atoms with Crippen molar-refractivity contribution in [1.82, 2.24) is 0 Å². The largest absolute Gasteiger partial charge is 0.333 e. The summed E-state index contributed by atoms with van der Waals surface area (Å²) in [7, 11) is 1.86. The van der Waals surface area contributed by atoms with Gasteiger partial charge in [-0.1, -0.05) is 18.2 Å². The predicted molar refractivity (Wildman–Crippen MR) is 47.1 cm³/mol. The SMILES string of the molecule is C[N+]1=C[CH]c2ccccc2C1O. The minimum Gasteiger partial charge on any atom is -0.333 e. The van der Waals surface area contributed by atoms with E-state index in [1.807, 2.05) is 43.9 Å². The Morgan fingerprint density at radius 1 is 1.33 bits per heavy atom. The van der Waals surface area contributed by atoms with Gasteiger partial charge in [0.25, 0.3) is 6.23 Å². The fraction of sp³-hybridized carbons (Fsp3) is 0.200. The first-order chi connectivity index (χ1) is 5.79. The zero-order chi connectivity index (χ0) is 8.55. The van der Waals surface area contributed by atoms with Gasteiger partial charge in [0.2, 0.25) is 0 Å². The molecule has 12 heavy (non-hydrogen) atoms. The average molecular weight is 161 g/mol. The molecule has 0 aliphatic carbocycles. The van der Waals surface area contributed by atoms with Gasteiger partial charge in [-0.3, -0.25) is 0 Å². The van der Waals surface area contributed by atoms with Gasteiger partial charge in [-0.25, -0.2) is 4.58 Å². The molecule has 1 heterocycles. The van der Waals surface area contributed by atoms with Gasteiger partial charge >= 0.3 is 0 Å². The second kappa shape index (κ2) is 2.72. The van der Waals surface area contributed by atoms with E-state index in [2.05, 4.69) is 0 Å². The Morgan fingerprint density at radius 2 is 2.08 bits per heavy atom. The van der Waals surface area contributed by atoms with E-state index in [0.717, 1.165) is 11.1 Å². The molecular weight excluding hydrogens is 150 g/mol. The molecule has 0 saturated carbocycles. The number of nitrogens with zero attached hydrogens (tertiary/aromatic N) is 1. The number of benzene rings is 1. The van der Waals surface area contributed by atoms with E-state index in [1.54, 1.807) is 4.58 Å². The molecule has 61 valence electrons. The first kappa shape index (κ1) is 7.50. The second-order valence-electron chi connectivity index (χ2n) is 2.98. The number of rotatable bonds is 0. The van der Waals surface area contributed by atoms with Crippen LogP contribution < -0.4 is 0 Å². The molecule has 1 radical (unpaired) electrons. The van der Waals surface area contributed by atoms with Crippen molar-refractivity contribution in [1.29, 1.82) is 0 Å². The molecule has 2 rings (SSSR count). The van der Waals surface area contributed by atoms with E-state index in [9.17, 15) is 5.11 Å². The van der Waals surface area contributed by atoms with Crippen LogP contribution in [0.15, 0.2) is 24.3 Å². The molecule has 1 N–H and O–H groups in total. The number of aliphatic hydroxyl groups is 1. The van der Waals surface area contributed by atoms with Crippen molar-refractivity contribution >= 4 is 6.21 Å². The first-order valence-electron chi connectivity index (χ1n) is 3.96. The zero-order valence-corrected chi connectivity index (χ0v) is 6.94. The van der Waals surface area contributed by atoms with E-state index in [1.165, 1.54) is 0 Å². The van der Waals surface area contributed by atoms with Gasteiger partial charge in [0, 0.05) is 0 Å². The summed E-state index contributed by atoms with van der Waals surface area (Å²) in [6, 6.07) is 7.86. The number of hydrogen-bond donors (Lipinski definition) is 1. The Balaban J connectivity index is 2.49. The highest BCUT2D eigenvalue weighted by Crippen LogP contribution is 2.22. The van der Waals surface area contributed by atoms with E-state index in [0.29, 0.717) is 0 Å². The van der Waals surface area contributed by atoms with Gasteiger partial charge in [0.05, 0.1) is 12.0 Å². The summed E-state index contributed by atoms with van der Waals surface area (Å²) in [5, 5.41) is 9.70. The number of hydrogen-bond acceptors (Lipinski definition) is 1. The van der Waals surface area contributed by atoms with Gasteiger partial charge in [-0.2, -0.15) is 0 Å².